The summed E-state index contributed by atoms with van der Waals surface area (Å²) in [5.74, 6) is 1.75. The van der Waals surface area contributed by atoms with Gasteiger partial charge in [-0.1, -0.05) is 12.1 Å². The molecule has 0 aliphatic carbocycles. The van der Waals surface area contributed by atoms with Crippen LogP contribution in [0.25, 0.3) is 10.9 Å². The molecule has 0 bridgehead atoms. The SMILES string of the molecule is COc1ccc(CCN2CCN(C(=O)c3c(C)[nH]c4ccc(OC)cc34)CC2)cc1. The molecule has 0 atom stereocenters. The van der Waals surface area contributed by atoms with Gasteiger partial charge >= 0.3 is 0 Å². The first-order valence-corrected chi connectivity index (χ1v) is 10.4. The standard InChI is InChI=1S/C24H29N3O3/c1-17-23(21-16-20(30-3)8-9-22(21)25-17)24(28)27-14-12-26(13-15-27)11-10-18-4-6-19(29-2)7-5-18/h4-9,16,25H,10-15H2,1-3H3. The van der Waals surface area contributed by atoms with E-state index >= 15 is 0 Å². The lowest BCUT2D eigenvalue weighted by atomic mass is 10.1. The van der Waals surface area contributed by atoms with Gasteiger partial charge in [-0.15, -0.1) is 0 Å². The highest BCUT2D eigenvalue weighted by Crippen LogP contribution is 2.27. The third-order valence-electron chi connectivity index (χ3n) is 5.94. The number of hydrogen-bond donors (Lipinski definition) is 1. The van der Waals surface area contributed by atoms with Gasteiger partial charge in [-0.25, -0.2) is 0 Å². The molecule has 2 heterocycles. The van der Waals surface area contributed by atoms with Crippen molar-refractivity contribution in [3.8, 4) is 11.5 Å². The van der Waals surface area contributed by atoms with E-state index in [4.69, 9.17) is 9.47 Å². The highest BCUT2D eigenvalue weighted by molar-refractivity contribution is 6.08. The molecule has 1 aromatic heterocycles. The van der Waals surface area contributed by atoms with Gasteiger partial charge in [0.15, 0.2) is 0 Å². The van der Waals surface area contributed by atoms with Gasteiger partial charge < -0.3 is 19.4 Å². The smallest absolute Gasteiger partial charge is 0.256 e. The van der Waals surface area contributed by atoms with Crippen molar-refractivity contribution in [1.82, 2.24) is 14.8 Å². The van der Waals surface area contributed by atoms with Crippen LogP contribution in [0.2, 0.25) is 0 Å². The number of aryl methyl sites for hydroxylation is 1. The summed E-state index contributed by atoms with van der Waals surface area (Å²) in [6, 6.07) is 14.1. The van der Waals surface area contributed by atoms with E-state index in [0.29, 0.717) is 0 Å². The predicted octanol–water partition coefficient (Wildman–Crippen LogP) is 3.49. The van der Waals surface area contributed by atoms with Crippen molar-refractivity contribution in [3.63, 3.8) is 0 Å². The van der Waals surface area contributed by atoms with E-state index in [0.717, 1.165) is 72.8 Å². The molecule has 6 nitrogen and oxygen atoms in total. The summed E-state index contributed by atoms with van der Waals surface area (Å²) in [7, 11) is 3.33. The minimum atomic E-state index is 0.0989. The van der Waals surface area contributed by atoms with Crippen LogP contribution < -0.4 is 9.47 Å². The van der Waals surface area contributed by atoms with Gasteiger partial charge in [-0.3, -0.25) is 9.69 Å². The summed E-state index contributed by atoms with van der Waals surface area (Å²) in [5.41, 5.74) is 3.94. The van der Waals surface area contributed by atoms with E-state index in [1.165, 1.54) is 5.56 Å². The van der Waals surface area contributed by atoms with E-state index in [9.17, 15) is 4.79 Å². The maximum absolute atomic E-state index is 13.3. The highest BCUT2D eigenvalue weighted by atomic mass is 16.5. The summed E-state index contributed by atoms with van der Waals surface area (Å²) in [5, 5.41) is 0.929. The number of amides is 1. The second-order valence-corrected chi connectivity index (χ2v) is 7.77. The molecular formula is C24H29N3O3. The Bertz CT molecular complexity index is 1020. The van der Waals surface area contributed by atoms with E-state index in [2.05, 4.69) is 22.0 Å². The van der Waals surface area contributed by atoms with Gasteiger partial charge in [0.05, 0.1) is 19.8 Å². The monoisotopic (exact) mass is 407 g/mol. The lowest BCUT2D eigenvalue weighted by Gasteiger charge is -2.34. The summed E-state index contributed by atoms with van der Waals surface area (Å²) in [4.78, 5) is 21.0. The number of nitrogens with one attached hydrogen (secondary N) is 1. The van der Waals surface area contributed by atoms with Gasteiger partial charge in [0.25, 0.3) is 5.91 Å². The lowest BCUT2D eigenvalue weighted by Crippen LogP contribution is -2.49. The minimum absolute atomic E-state index is 0.0989. The van der Waals surface area contributed by atoms with Crippen LogP contribution in [0.1, 0.15) is 21.6 Å². The fourth-order valence-corrected chi connectivity index (χ4v) is 4.12. The summed E-state index contributed by atoms with van der Waals surface area (Å²) < 4.78 is 10.6. The van der Waals surface area contributed by atoms with Crippen LogP contribution in [0.4, 0.5) is 0 Å². The lowest BCUT2D eigenvalue weighted by molar-refractivity contribution is 0.0640. The van der Waals surface area contributed by atoms with Gasteiger partial charge in [-0.05, 0) is 49.2 Å². The number of rotatable bonds is 6. The number of methoxy groups -OCH3 is 2. The fraction of sp³-hybridized carbons (Fsp3) is 0.375. The molecule has 30 heavy (non-hydrogen) atoms. The van der Waals surface area contributed by atoms with Crippen LogP contribution >= 0.6 is 0 Å². The highest BCUT2D eigenvalue weighted by Gasteiger charge is 2.25. The molecule has 1 amide bonds. The van der Waals surface area contributed by atoms with Gasteiger partial charge in [0, 0.05) is 49.3 Å². The third-order valence-corrected chi connectivity index (χ3v) is 5.94. The molecule has 2 aromatic carbocycles. The average Bonchev–Trinajstić information content (AvgIpc) is 3.12. The van der Waals surface area contributed by atoms with Gasteiger partial charge in [0.2, 0.25) is 0 Å². The predicted molar refractivity (Wildman–Crippen MR) is 119 cm³/mol. The Morgan fingerprint density at radius 1 is 0.967 bits per heavy atom. The topological polar surface area (TPSA) is 57.8 Å². The number of aromatic nitrogens is 1. The molecular weight excluding hydrogens is 378 g/mol. The van der Waals surface area contributed by atoms with Crippen LogP contribution in [0.5, 0.6) is 11.5 Å². The molecule has 0 saturated carbocycles. The van der Waals surface area contributed by atoms with Gasteiger partial charge in [-0.2, -0.15) is 0 Å². The third kappa shape index (κ3) is 4.14. The average molecular weight is 408 g/mol. The van der Waals surface area contributed by atoms with Crippen molar-refractivity contribution in [2.24, 2.45) is 0 Å². The second kappa shape index (κ2) is 8.79. The van der Waals surface area contributed by atoms with E-state index in [1.54, 1.807) is 14.2 Å². The maximum Gasteiger partial charge on any atom is 0.256 e. The zero-order valence-electron chi connectivity index (χ0n) is 17.9. The summed E-state index contributed by atoms with van der Waals surface area (Å²) >= 11 is 0. The Morgan fingerprint density at radius 2 is 1.63 bits per heavy atom. The Kier molecular flexibility index (Phi) is 5.95. The number of aromatic amines is 1. The van der Waals surface area contributed by atoms with Crippen molar-refractivity contribution < 1.29 is 14.3 Å². The second-order valence-electron chi connectivity index (χ2n) is 7.77. The van der Waals surface area contributed by atoms with E-state index in [-0.39, 0.29) is 5.91 Å². The number of piperazine rings is 1. The maximum atomic E-state index is 13.3. The van der Waals surface area contributed by atoms with E-state index < -0.39 is 0 Å². The largest absolute Gasteiger partial charge is 0.497 e. The number of nitrogens with zero attached hydrogens (tertiary/aromatic N) is 2. The number of benzene rings is 2. The first kappa shape index (κ1) is 20.3. The summed E-state index contributed by atoms with van der Waals surface area (Å²) in [6.45, 7) is 6.25. The van der Waals surface area contributed by atoms with Gasteiger partial charge in [0.1, 0.15) is 11.5 Å². The minimum Gasteiger partial charge on any atom is -0.497 e. The number of ether oxygens (including phenoxy) is 2. The number of fused-ring (bicyclic) bond motifs is 1. The number of carbonyl (C=O) groups excluding carboxylic acids is 1. The first-order chi connectivity index (χ1) is 14.6. The Balaban J connectivity index is 1.37. The van der Waals surface area contributed by atoms with Crippen LogP contribution in [-0.2, 0) is 6.42 Å². The molecule has 1 aliphatic heterocycles. The van der Waals surface area contributed by atoms with Crippen LogP contribution in [0.15, 0.2) is 42.5 Å². The zero-order valence-corrected chi connectivity index (χ0v) is 17.9. The Labute approximate surface area is 177 Å². The van der Waals surface area contributed by atoms with Crippen molar-refractivity contribution in [3.05, 3.63) is 59.3 Å². The molecule has 0 unspecified atom stereocenters. The number of H-pyrrole nitrogens is 1. The van der Waals surface area contributed by atoms with Crippen molar-refractivity contribution in [1.29, 1.82) is 0 Å². The van der Waals surface area contributed by atoms with Crippen molar-refractivity contribution in [2.45, 2.75) is 13.3 Å². The molecule has 1 saturated heterocycles. The quantitative estimate of drug-likeness (QED) is 0.680. The molecule has 6 heteroatoms. The molecule has 1 fully saturated rings. The van der Waals surface area contributed by atoms with Crippen LogP contribution in [0.3, 0.4) is 0 Å². The fourth-order valence-electron chi connectivity index (χ4n) is 4.12. The Hall–Kier alpha value is -2.99. The molecule has 1 N–H and O–H groups in total. The molecule has 1 aliphatic rings. The molecule has 3 aromatic rings. The number of hydrogen-bond acceptors (Lipinski definition) is 4. The van der Waals surface area contributed by atoms with E-state index in [1.807, 2.05) is 42.2 Å². The molecule has 4 rings (SSSR count). The molecule has 0 radical (unpaired) electrons. The normalized spacial score (nSPS) is 14.8. The van der Waals surface area contributed by atoms with Crippen LogP contribution in [0, 0.1) is 6.92 Å². The Morgan fingerprint density at radius 3 is 2.30 bits per heavy atom. The summed E-state index contributed by atoms with van der Waals surface area (Å²) in [6.07, 6.45) is 0.999. The number of carbonyl (C=O) groups is 1. The molecule has 0 spiro atoms. The first-order valence-electron chi connectivity index (χ1n) is 10.4. The van der Waals surface area contributed by atoms with Crippen LogP contribution in [-0.4, -0.2) is 67.6 Å². The van der Waals surface area contributed by atoms with Crippen molar-refractivity contribution >= 4 is 16.8 Å². The van der Waals surface area contributed by atoms with Crippen molar-refractivity contribution in [2.75, 3.05) is 46.9 Å². The molecule has 158 valence electrons. The zero-order chi connectivity index (χ0) is 21.1.